The van der Waals surface area contributed by atoms with Crippen molar-refractivity contribution in [1.29, 1.82) is 0 Å². The van der Waals surface area contributed by atoms with Crippen LogP contribution in [-0.4, -0.2) is 9.78 Å². The Morgan fingerprint density at radius 1 is 1.33 bits per heavy atom. The summed E-state index contributed by atoms with van der Waals surface area (Å²) in [5, 5.41) is 5.00. The second-order valence-electron chi connectivity index (χ2n) is 6.85. The molecule has 0 spiro atoms. The molecule has 124 valence electrons. The van der Waals surface area contributed by atoms with E-state index in [-0.39, 0.29) is 11.5 Å². The Labute approximate surface area is 140 Å². The van der Waals surface area contributed by atoms with Crippen molar-refractivity contribution < 1.29 is 4.42 Å². The van der Waals surface area contributed by atoms with Crippen LogP contribution in [0, 0.1) is 13.8 Å². The van der Waals surface area contributed by atoms with Gasteiger partial charge in [-0.25, -0.2) is 0 Å². The minimum atomic E-state index is -0.208. The van der Waals surface area contributed by atoms with Crippen molar-refractivity contribution in [2.24, 2.45) is 5.73 Å². The van der Waals surface area contributed by atoms with Crippen LogP contribution < -0.4 is 11.2 Å². The first-order valence-electron chi connectivity index (χ1n) is 8.33. The van der Waals surface area contributed by atoms with Crippen molar-refractivity contribution in [3.05, 3.63) is 51.4 Å². The zero-order valence-electron chi connectivity index (χ0n) is 14.2. The number of aromatic nitrogens is 2. The number of hydrogen-bond donors (Lipinski definition) is 1. The van der Waals surface area contributed by atoms with Gasteiger partial charge in [0.2, 0.25) is 0 Å². The number of hydrogen-bond acceptors (Lipinski definition) is 4. The van der Waals surface area contributed by atoms with Crippen molar-refractivity contribution >= 4 is 11.0 Å². The highest BCUT2D eigenvalue weighted by Gasteiger charge is 2.25. The monoisotopic (exact) mass is 323 g/mol. The summed E-state index contributed by atoms with van der Waals surface area (Å²) in [6, 6.07) is 4.15. The Kier molecular flexibility index (Phi) is 3.35. The van der Waals surface area contributed by atoms with Gasteiger partial charge in [0.05, 0.1) is 23.2 Å². The average Bonchev–Trinajstić information content (AvgIpc) is 3.28. The predicted molar refractivity (Wildman–Crippen MR) is 94.1 cm³/mol. The summed E-state index contributed by atoms with van der Waals surface area (Å²) in [5.74, 6) is 0.588. The molecule has 0 unspecified atom stereocenters. The molecule has 0 aliphatic heterocycles. The lowest BCUT2D eigenvalue weighted by molar-refractivity contribution is 0.602. The van der Waals surface area contributed by atoms with E-state index in [1.54, 1.807) is 6.20 Å². The molecule has 2 heterocycles. The maximum Gasteiger partial charge on any atom is 0.196 e. The molecule has 1 aliphatic rings. The number of rotatable bonds is 3. The molecular weight excluding hydrogens is 302 g/mol. The average molecular weight is 323 g/mol. The molecular formula is C19H21N3O2. The highest BCUT2D eigenvalue weighted by molar-refractivity contribution is 5.84. The van der Waals surface area contributed by atoms with E-state index in [1.165, 1.54) is 0 Å². The van der Waals surface area contributed by atoms with Gasteiger partial charge in [0, 0.05) is 23.4 Å². The Bertz CT molecular complexity index is 994. The lowest BCUT2D eigenvalue weighted by Gasteiger charge is -2.13. The molecule has 1 saturated carbocycles. The summed E-state index contributed by atoms with van der Waals surface area (Å²) >= 11 is 0. The Morgan fingerprint density at radius 2 is 2.08 bits per heavy atom. The summed E-state index contributed by atoms with van der Waals surface area (Å²) in [6.45, 7) is 5.68. The molecule has 3 aromatic rings. The molecule has 5 nitrogen and oxygen atoms in total. The van der Waals surface area contributed by atoms with E-state index in [0.717, 1.165) is 29.5 Å². The lowest BCUT2D eigenvalue weighted by Crippen LogP contribution is -2.12. The number of fused-ring (bicyclic) bond motifs is 1. The molecule has 0 saturated heterocycles. The van der Waals surface area contributed by atoms with Gasteiger partial charge in [-0.05, 0) is 45.2 Å². The number of aryl methyl sites for hydroxylation is 1. The topological polar surface area (TPSA) is 74.0 Å². The quantitative estimate of drug-likeness (QED) is 0.799. The normalized spacial score (nSPS) is 15.8. The highest BCUT2D eigenvalue weighted by atomic mass is 16.3. The molecule has 4 rings (SSSR count). The second-order valence-corrected chi connectivity index (χ2v) is 6.85. The van der Waals surface area contributed by atoms with Gasteiger partial charge in [-0.3, -0.25) is 9.48 Å². The van der Waals surface area contributed by atoms with Crippen LogP contribution in [0.5, 0.6) is 0 Å². The fourth-order valence-corrected chi connectivity index (χ4v) is 3.18. The molecule has 0 amide bonds. The molecule has 1 atom stereocenters. The summed E-state index contributed by atoms with van der Waals surface area (Å²) in [7, 11) is 0. The van der Waals surface area contributed by atoms with Gasteiger partial charge in [0.25, 0.3) is 0 Å². The van der Waals surface area contributed by atoms with E-state index in [1.807, 2.05) is 43.8 Å². The van der Waals surface area contributed by atoms with Gasteiger partial charge in [-0.15, -0.1) is 0 Å². The fraction of sp³-hybridized carbons (Fsp3) is 0.368. The first-order valence-corrected chi connectivity index (χ1v) is 8.33. The number of benzene rings is 1. The van der Waals surface area contributed by atoms with Crippen LogP contribution in [0.2, 0.25) is 0 Å². The van der Waals surface area contributed by atoms with Gasteiger partial charge in [0.1, 0.15) is 11.3 Å². The van der Waals surface area contributed by atoms with Crippen molar-refractivity contribution in [2.45, 2.75) is 45.7 Å². The van der Waals surface area contributed by atoms with E-state index in [2.05, 4.69) is 5.10 Å². The van der Waals surface area contributed by atoms with Crippen LogP contribution >= 0.6 is 0 Å². The van der Waals surface area contributed by atoms with Crippen LogP contribution in [0.1, 0.15) is 48.5 Å². The molecule has 5 heteroatoms. The van der Waals surface area contributed by atoms with Crippen LogP contribution in [0.3, 0.4) is 0 Å². The number of nitrogens with zero attached hydrogens (tertiary/aromatic N) is 2. The van der Waals surface area contributed by atoms with Crippen LogP contribution in [0.15, 0.2) is 33.7 Å². The molecule has 1 aliphatic carbocycles. The first-order chi connectivity index (χ1) is 11.5. The molecule has 1 fully saturated rings. The van der Waals surface area contributed by atoms with Crippen molar-refractivity contribution in [2.75, 3.05) is 0 Å². The smallest absolute Gasteiger partial charge is 0.196 e. The minimum absolute atomic E-state index is 0.00368. The van der Waals surface area contributed by atoms with Gasteiger partial charge in [-0.2, -0.15) is 5.10 Å². The standard InChI is InChI=1S/C19H21N3O2/c1-10-6-15(12(3)20)19-16(7-10)17(23)11(2)18(24-19)13-8-21-22(9-13)14-4-5-14/h6-9,12,14H,4-5,20H2,1-3H3/t12-/m1/s1. The summed E-state index contributed by atoms with van der Waals surface area (Å²) in [5.41, 5.74) is 10.0. The zero-order valence-corrected chi connectivity index (χ0v) is 14.2. The molecule has 24 heavy (non-hydrogen) atoms. The Hall–Kier alpha value is -2.40. The first kappa shape index (κ1) is 15.1. The van der Waals surface area contributed by atoms with E-state index in [9.17, 15) is 4.79 Å². The van der Waals surface area contributed by atoms with E-state index < -0.39 is 0 Å². The van der Waals surface area contributed by atoms with E-state index in [0.29, 0.717) is 28.3 Å². The minimum Gasteiger partial charge on any atom is -0.455 e. The van der Waals surface area contributed by atoms with Crippen molar-refractivity contribution in [3.8, 4) is 11.3 Å². The largest absolute Gasteiger partial charge is 0.455 e. The third kappa shape index (κ3) is 2.36. The third-order valence-corrected chi connectivity index (χ3v) is 4.67. The summed E-state index contributed by atoms with van der Waals surface area (Å²) in [6.07, 6.45) is 6.06. The highest BCUT2D eigenvalue weighted by Crippen LogP contribution is 2.36. The van der Waals surface area contributed by atoms with Crippen molar-refractivity contribution in [3.63, 3.8) is 0 Å². The van der Waals surface area contributed by atoms with Crippen LogP contribution in [-0.2, 0) is 0 Å². The molecule has 2 aromatic heterocycles. The zero-order chi connectivity index (χ0) is 17.0. The van der Waals surface area contributed by atoms with E-state index in [4.69, 9.17) is 10.2 Å². The summed E-state index contributed by atoms with van der Waals surface area (Å²) < 4.78 is 8.15. The van der Waals surface area contributed by atoms with Gasteiger partial charge < -0.3 is 10.2 Å². The summed E-state index contributed by atoms with van der Waals surface area (Å²) in [4.78, 5) is 12.9. The maximum absolute atomic E-state index is 12.9. The van der Waals surface area contributed by atoms with Crippen LogP contribution in [0.4, 0.5) is 0 Å². The second kappa shape index (κ2) is 5.31. The maximum atomic E-state index is 12.9. The van der Waals surface area contributed by atoms with Gasteiger partial charge in [-0.1, -0.05) is 6.07 Å². The Morgan fingerprint density at radius 3 is 2.75 bits per heavy atom. The number of nitrogens with two attached hydrogens (primary N) is 1. The van der Waals surface area contributed by atoms with Crippen molar-refractivity contribution in [1.82, 2.24) is 9.78 Å². The fourth-order valence-electron chi connectivity index (χ4n) is 3.18. The van der Waals surface area contributed by atoms with E-state index >= 15 is 0 Å². The van der Waals surface area contributed by atoms with Gasteiger partial charge >= 0.3 is 0 Å². The predicted octanol–water partition coefficient (Wildman–Crippen LogP) is 3.63. The Balaban J connectivity index is 1.98. The van der Waals surface area contributed by atoms with Gasteiger partial charge in [0.15, 0.2) is 5.43 Å². The van der Waals surface area contributed by atoms with Crippen LogP contribution in [0.25, 0.3) is 22.3 Å². The molecule has 0 bridgehead atoms. The lowest BCUT2D eigenvalue weighted by atomic mass is 10.00. The third-order valence-electron chi connectivity index (χ3n) is 4.67. The molecule has 1 aromatic carbocycles. The SMILES string of the molecule is Cc1cc([C@@H](C)N)c2oc(-c3cnn(C4CC4)c3)c(C)c(=O)c2c1. The molecule has 0 radical (unpaired) electrons. The molecule has 2 N–H and O–H groups in total.